The first-order valence-corrected chi connectivity index (χ1v) is 7.03. The van der Waals surface area contributed by atoms with E-state index in [9.17, 15) is 4.79 Å². The highest BCUT2D eigenvalue weighted by Gasteiger charge is 2.40. The minimum atomic E-state index is 0.156. The summed E-state index contributed by atoms with van der Waals surface area (Å²) in [6.45, 7) is 4.04. The third kappa shape index (κ3) is 2.72. The summed E-state index contributed by atoms with van der Waals surface area (Å²) in [5.41, 5.74) is 0. The quantitative estimate of drug-likeness (QED) is 0.864. The van der Waals surface area contributed by atoms with Crippen molar-refractivity contribution in [3.05, 3.63) is 5.89 Å². The van der Waals surface area contributed by atoms with E-state index in [4.69, 9.17) is 4.42 Å². The Balaban J connectivity index is 1.68. The van der Waals surface area contributed by atoms with Crippen LogP contribution in [0.3, 0.4) is 0 Å². The molecule has 3 rings (SSSR count). The summed E-state index contributed by atoms with van der Waals surface area (Å²) >= 11 is 0. The lowest BCUT2D eigenvalue weighted by Crippen LogP contribution is -2.52. The number of rotatable bonds is 4. The summed E-state index contributed by atoms with van der Waals surface area (Å²) in [7, 11) is 0. The summed E-state index contributed by atoms with van der Waals surface area (Å²) in [4.78, 5) is 11.5. The lowest BCUT2D eigenvalue weighted by Gasteiger charge is -2.32. The first kappa shape index (κ1) is 12.4. The second-order valence-corrected chi connectivity index (χ2v) is 5.82. The van der Waals surface area contributed by atoms with Crippen LogP contribution in [-0.2, 0) is 4.79 Å². The van der Waals surface area contributed by atoms with E-state index in [0.29, 0.717) is 24.2 Å². The molecule has 19 heavy (non-hydrogen) atoms. The highest BCUT2D eigenvalue weighted by molar-refractivity contribution is 5.77. The number of hydrogen-bond acceptors (Lipinski definition) is 5. The molecule has 1 aromatic heterocycles. The first-order chi connectivity index (χ1) is 9.13. The van der Waals surface area contributed by atoms with Crippen LogP contribution in [-0.4, -0.2) is 28.2 Å². The molecule has 0 aromatic carbocycles. The van der Waals surface area contributed by atoms with E-state index in [0.717, 1.165) is 6.42 Å². The predicted octanol–water partition coefficient (Wildman–Crippen LogP) is 1.66. The van der Waals surface area contributed by atoms with Gasteiger partial charge in [-0.25, -0.2) is 0 Å². The number of hydrogen-bond donors (Lipinski definition) is 2. The zero-order valence-corrected chi connectivity index (χ0v) is 11.3. The van der Waals surface area contributed by atoms with Crippen LogP contribution in [0.25, 0.3) is 0 Å². The maximum absolute atomic E-state index is 11.5. The molecular weight excluding hydrogens is 244 g/mol. The van der Waals surface area contributed by atoms with Crippen LogP contribution in [0.1, 0.15) is 51.3 Å². The van der Waals surface area contributed by atoms with Gasteiger partial charge in [-0.1, -0.05) is 18.9 Å². The molecule has 2 fully saturated rings. The van der Waals surface area contributed by atoms with Crippen molar-refractivity contribution in [2.45, 2.75) is 57.5 Å². The average molecular weight is 264 g/mol. The second kappa shape index (κ2) is 4.83. The van der Waals surface area contributed by atoms with Crippen LogP contribution < -0.4 is 10.6 Å². The smallest absolute Gasteiger partial charge is 0.315 e. The number of anilines is 1. The van der Waals surface area contributed by atoms with Gasteiger partial charge in [0.1, 0.15) is 0 Å². The Morgan fingerprint density at radius 3 is 2.74 bits per heavy atom. The van der Waals surface area contributed by atoms with Crippen LogP contribution in [0, 0.1) is 5.92 Å². The molecule has 0 radical (unpaired) electrons. The largest absolute Gasteiger partial charge is 0.408 e. The molecule has 1 aliphatic heterocycles. The van der Waals surface area contributed by atoms with Crippen molar-refractivity contribution in [3.63, 3.8) is 0 Å². The fraction of sp³-hybridized carbons (Fsp3) is 0.769. The van der Waals surface area contributed by atoms with Crippen LogP contribution in [0.2, 0.25) is 0 Å². The highest BCUT2D eigenvalue weighted by atomic mass is 16.4. The summed E-state index contributed by atoms with van der Waals surface area (Å²) in [5, 5.41) is 14.4. The van der Waals surface area contributed by atoms with Gasteiger partial charge in [0.25, 0.3) is 0 Å². The van der Waals surface area contributed by atoms with Gasteiger partial charge in [0.2, 0.25) is 11.8 Å². The maximum atomic E-state index is 11.5. The molecule has 6 heteroatoms. The van der Waals surface area contributed by atoms with E-state index in [1.165, 1.54) is 12.8 Å². The van der Waals surface area contributed by atoms with Gasteiger partial charge in [-0.15, -0.1) is 5.10 Å². The summed E-state index contributed by atoms with van der Waals surface area (Å²) in [6.07, 6.45) is 3.78. The molecule has 104 valence electrons. The number of carbonyl (C=O) groups excluding carboxylic acids is 1. The van der Waals surface area contributed by atoms with E-state index in [1.807, 2.05) is 13.8 Å². The van der Waals surface area contributed by atoms with Crippen molar-refractivity contribution >= 4 is 11.9 Å². The molecule has 1 aromatic rings. The summed E-state index contributed by atoms with van der Waals surface area (Å²) < 4.78 is 5.58. The molecule has 0 unspecified atom stereocenters. The Bertz CT molecular complexity index is 467. The lowest BCUT2D eigenvalue weighted by atomic mass is 9.94. The molecule has 0 spiro atoms. The van der Waals surface area contributed by atoms with Crippen LogP contribution >= 0.6 is 0 Å². The SMILES string of the molecule is CC(C)c1nnc(N[C@@H]2CCC(=O)N[C@H]2C2CC2)o1. The van der Waals surface area contributed by atoms with E-state index >= 15 is 0 Å². The minimum Gasteiger partial charge on any atom is -0.408 e. The van der Waals surface area contributed by atoms with Gasteiger partial charge < -0.3 is 15.1 Å². The Hall–Kier alpha value is -1.59. The van der Waals surface area contributed by atoms with Crippen LogP contribution in [0.4, 0.5) is 6.01 Å². The Kier molecular flexibility index (Phi) is 3.16. The lowest BCUT2D eigenvalue weighted by molar-refractivity contribution is -0.123. The number of aromatic nitrogens is 2. The topological polar surface area (TPSA) is 80.0 Å². The van der Waals surface area contributed by atoms with Crippen molar-refractivity contribution < 1.29 is 9.21 Å². The van der Waals surface area contributed by atoms with Gasteiger partial charge >= 0.3 is 6.01 Å². The molecular formula is C13H20N4O2. The van der Waals surface area contributed by atoms with Gasteiger partial charge in [-0.2, -0.15) is 0 Å². The second-order valence-electron chi connectivity index (χ2n) is 5.82. The van der Waals surface area contributed by atoms with Crippen molar-refractivity contribution in [3.8, 4) is 0 Å². The Morgan fingerprint density at radius 1 is 1.32 bits per heavy atom. The number of nitrogens with one attached hydrogen (secondary N) is 2. The van der Waals surface area contributed by atoms with Gasteiger partial charge in [-0.05, 0) is 25.2 Å². The molecule has 2 aliphatic rings. The third-order valence-corrected chi connectivity index (χ3v) is 3.82. The fourth-order valence-electron chi connectivity index (χ4n) is 2.57. The highest BCUT2D eigenvalue weighted by Crippen LogP contribution is 2.37. The molecule has 1 amide bonds. The Morgan fingerprint density at radius 2 is 2.11 bits per heavy atom. The van der Waals surface area contributed by atoms with Gasteiger partial charge in [0, 0.05) is 12.3 Å². The summed E-state index contributed by atoms with van der Waals surface area (Å²) in [6, 6.07) is 0.872. The molecule has 1 saturated carbocycles. The third-order valence-electron chi connectivity index (χ3n) is 3.82. The monoisotopic (exact) mass is 264 g/mol. The standard InChI is InChI=1S/C13H20N4O2/c1-7(2)12-16-17-13(19-12)14-9-5-6-10(18)15-11(9)8-3-4-8/h7-9,11H,3-6H2,1-2H3,(H,14,17)(H,15,18)/t9-,11+/m1/s1. The van der Waals surface area contributed by atoms with Crippen molar-refractivity contribution in [1.29, 1.82) is 0 Å². The van der Waals surface area contributed by atoms with Gasteiger partial charge in [0.15, 0.2) is 0 Å². The number of nitrogens with zero attached hydrogens (tertiary/aromatic N) is 2. The molecule has 1 aliphatic carbocycles. The number of piperidine rings is 1. The van der Waals surface area contributed by atoms with Crippen LogP contribution in [0.15, 0.2) is 4.42 Å². The fourth-order valence-corrected chi connectivity index (χ4v) is 2.57. The normalized spacial score (nSPS) is 27.4. The molecule has 2 atom stereocenters. The minimum absolute atomic E-state index is 0.156. The average Bonchev–Trinajstić information content (AvgIpc) is 3.11. The molecule has 0 bridgehead atoms. The molecule has 1 saturated heterocycles. The van der Waals surface area contributed by atoms with Crippen molar-refractivity contribution in [2.75, 3.05) is 5.32 Å². The van der Waals surface area contributed by atoms with Gasteiger partial charge in [-0.3, -0.25) is 4.79 Å². The zero-order valence-electron chi connectivity index (χ0n) is 11.3. The van der Waals surface area contributed by atoms with E-state index < -0.39 is 0 Å². The van der Waals surface area contributed by atoms with Crippen LogP contribution in [0.5, 0.6) is 0 Å². The number of amides is 1. The first-order valence-electron chi connectivity index (χ1n) is 7.03. The van der Waals surface area contributed by atoms with Crippen molar-refractivity contribution in [2.24, 2.45) is 5.92 Å². The van der Waals surface area contributed by atoms with E-state index in [-0.39, 0.29) is 23.9 Å². The van der Waals surface area contributed by atoms with E-state index in [2.05, 4.69) is 20.8 Å². The van der Waals surface area contributed by atoms with Gasteiger partial charge in [0.05, 0.1) is 12.1 Å². The molecule has 2 heterocycles. The zero-order chi connectivity index (χ0) is 13.4. The predicted molar refractivity (Wildman–Crippen MR) is 69.7 cm³/mol. The van der Waals surface area contributed by atoms with Crippen molar-refractivity contribution in [1.82, 2.24) is 15.5 Å². The van der Waals surface area contributed by atoms with E-state index in [1.54, 1.807) is 0 Å². The summed E-state index contributed by atoms with van der Waals surface area (Å²) in [5.74, 6) is 1.64. The molecule has 2 N–H and O–H groups in total. The number of carbonyl (C=O) groups is 1. The maximum Gasteiger partial charge on any atom is 0.315 e. The molecule has 6 nitrogen and oxygen atoms in total. The Labute approximate surface area is 112 Å².